The van der Waals surface area contributed by atoms with Gasteiger partial charge in [0.1, 0.15) is 11.2 Å². The minimum atomic E-state index is -1.03. The zero-order valence-electron chi connectivity index (χ0n) is 17.6. The van der Waals surface area contributed by atoms with Crippen LogP contribution in [0.15, 0.2) is 29.4 Å². The maximum Gasteiger partial charge on any atom is 0.352 e. The van der Waals surface area contributed by atoms with Gasteiger partial charge in [-0.25, -0.2) is 9.59 Å². The van der Waals surface area contributed by atoms with Gasteiger partial charge in [-0.3, -0.25) is 10.3 Å². The molecule has 0 bridgehead atoms. The van der Waals surface area contributed by atoms with E-state index in [1.54, 1.807) is 22.8 Å². The molecule has 2 N–H and O–H groups in total. The highest BCUT2D eigenvalue weighted by molar-refractivity contribution is 6.01. The van der Waals surface area contributed by atoms with Gasteiger partial charge >= 0.3 is 11.9 Å². The SMILES string of the molecule is C[C@H]1C[C@]1(C1=NOC(=C=O)N1)n1c(C(=O)O)cc2cc([C@H]3CCOC(C)(C)C3)ncc21. The van der Waals surface area contributed by atoms with Gasteiger partial charge in [0.25, 0.3) is 0 Å². The molecule has 1 saturated carbocycles. The van der Waals surface area contributed by atoms with Crippen LogP contribution in [0.4, 0.5) is 0 Å². The van der Waals surface area contributed by atoms with Gasteiger partial charge in [0.2, 0.25) is 0 Å². The molecule has 1 saturated heterocycles. The van der Waals surface area contributed by atoms with Crippen LogP contribution in [-0.4, -0.2) is 44.6 Å². The predicted octanol–water partition coefficient (Wildman–Crippen LogP) is 2.75. The van der Waals surface area contributed by atoms with Crippen molar-refractivity contribution in [3.05, 3.63) is 35.6 Å². The first-order valence-electron chi connectivity index (χ1n) is 10.4. The van der Waals surface area contributed by atoms with Gasteiger partial charge in [0, 0.05) is 23.6 Å². The van der Waals surface area contributed by atoms with Gasteiger partial charge in [0.15, 0.2) is 11.8 Å². The molecule has 2 aliphatic heterocycles. The number of ether oxygens (including phenoxy) is 1. The molecular weight excluding hydrogens is 400 g/mol. The third-order valence-corrected chi connectivity index (χ3v) is 6.68. The summed E-state index contributed by atoms with van der Waals surface area (Å²) >= 11 is 0. The fourth-order valence-electron chi connectivity index (χ4n) is 5.05. The molecule has 0 amide bonds. The molecule has 0 aromatic carbocycles. The number of aromatic nitrogens is 2. The number of hydrogen-bond acceptors (Lipinski definition) is 7. The van der Waals surface area contributed by atoms with E-state index in [0.717, 1.165) is 23.9 Å². The lowest BCUT2D eigenvalue weighted by molar-refractivity contribution is -0.0597. The van der Waals surface area contributed by atoms with Crippen LogP contribution in [0.5, 0.6) is 0 Å². The number of oxime groups is 1. The van der Waals surface area contributed by atoms with Crippen LogP contribution in [0.2, 0.25) is 0 Å². The Morgan fingerprint density at radius 2 is 2.13 bits per heavy atom. The number of rotatable bonds is 4. The van der Waals surface area contributed by atoms with Crippen molar-refractivity contribution in [2.45, 2.75) is 57.1 Å². The molecule has 2 fully saturated rings. The number of fused-ring (bicyclic) bond motifs is 1. The molecule has 3 aliphatic rings. The van der Waals surface area contributed by atoms with Crippen molar-refractivity contribution >= 4 is 28.6 Å². The first-order chi connectivity index (χ1) is 14.7. The lowest BCUT2D eigenvalue weighted by Crippen LogP contribution is -2.38. The van der Waals surface area contributed by atoms with Crippen molar-refractivity contribution in [3.8, 4) is 0 Å². The topological polar surface area (TPSA) is 115 Å². The summed E-state index contributed by atoms with van der Waals surface area (Å²) in [5, 5.41) is 17.6. The first-order valence-corrected chi connectivity index (χ1v) is 10.4. The number of carbonyl (C=O) groups is 1. The molecule has 0 radical (unpaired) electrons. The molecule has 1 aliphatic carbocycles. The Bertz CT molecular complexity index is 1180. The fourth-order valence-corrected chi connectivity index (χ4v) is 5.05. The Morgan fingerprint density at radius 1 is 1.35 bits per heavy atom. The highest BCUT2D eigenvalue weighted by Gasteiger charge is 2.60. The average Bonchev–Trinajstić information content (AvgIpc) is 3.11. The average molecular weight is 424 g/mol. The zero-order valence-corrected chi connectivity index (χ0v) is 17.6. The lowest BCUT2D eigenvalue weighted by atomic mass is 9.86. The van der Waals surface area contributed by atoms with Crippen LogP contribution in [0.1, 0.15) is 62.1 Å². The summed E-state index contributed by atoms with van der Waals surface area (Å²) < 4.78 is 7.59. The van der Waals surface area contributed by atoms with Crippen molar-refractivity contribution in [3.63, 3.8) is 0 Å². The van der Waals surface area contributed by atoms with Gasteiger partial charge in [-0.2, -0.15) is 0 Å². The maximum atomic E-state index is 12.2. The molecule has 3 atom stereocenters. The molecule has 0 unspecified atom stereocenters. The summed E-state index contributed by atoms with van der Waals surface area (Å²) in [6.07, 6.45) is 4.15. The molecule has 2 aromatic heterocycles. The number of carboxylic acid groups (broad SMARTS) is 1. The third-order valence-electron chi connectivity index (χ3n) is 6.68. The highest BCUT2D eigenvalue weighted by atomic mass is 16.7. The van der Waals surface area contributed by atoms with E-state index in [0.29, 0.717) is 24.4 Å². The van der Waals surface area contributed by atoms with Crippen molar-refractivity contribution in [1.82, 2.24) is 14.9 Å². The molecule has 162 valence electrons. The number of carbonyl (C=O) groups excluding carboxylic acids is 1. The van der Waals surface area contributed by atoms with Crippen LogP contribution < -0.4 is 5.32 Å². The van der Waals surface area contributed by atoms with Crippen LogP contribution in [0.25, 0.3) is 10.9 Å². The van der Waals surface area contributed by atoms with E-state index in [1.165, 1.54) is 0 Å². The van der Waals surface area contributed by atoms with Gasteiger partial charge in [-0.1, -0.05) is 12.1 Å². The summed E-state index contributed by atoms with van der Waals surface area (Å²) in [6, 6.07) is 3.68. The Balaban J connectivity index is 1.61. The second-order valence-corrected chi connectivity index (χ2v) is 9.25. The predicted molar refractivity (Wildman–Crippen MR) is 111 cm³/mol. The van der Waals surface area contributed by atoms with Gasteiger partial charge in [-0.15, -0.1) is 0 Å². The number of pyridine rings is 1. The van der Waals surface area contributed by atoms with Crippen LogP contribution in [0, 0.1) is 5.92 Å². The monoisotopic (exact) mass is 424 g/mol. The van der Waals surface area contributed by atoms with Crippen LogP contribution >= 0.6 is 0 Å². The van der Waals surface area contributed by atoms with Crippen LogP contribution in [-0.2, 0) is 19.9 Å². The second-order valence-electron chi connectivity index (χ2n) is 9.25. The summed E-state index contributed by atoms with van der Waals surface area (Å²) in [7, 11) is 0. The first kappa shape index (κ1) is 19.8. The smallest absolute Gasteiger partial charge is 0.352 e. The Hall–Kier alpha value is -3.16. The quantitative estimate of drug-likeness (QED) is 0.725. The Labute approximate surface area is 178 Å². The fraction of sp³-hybridized carbons (Fsp3) is 0.500. The van der Waals surface area contributed by atoms with E-state index in [9.17, 15) is 14.7 Å². The lowest BCUT2D eigenvalue weighted by Gasteiger charge is -2.35. The standard InChI is InChI=1S/C22H24N4O5/c1-12-8-22(12,20-24-18(11-27)31-25-20)26-16(19(28)29)7-14-6-15(23-10-17(14)26)13-4-5-30-21(2,3)9-13/h6-7,10,12-13H,4-5,8-9H2,1-3H3,(H,24,25)(H,28,29)/t12-,13-,22-/m0/s1. The molecule has 0 spiro atoms. The summed E-state index contributed by atoms with van der Waals surface area (Å²) in [6.45, 7) is 6.84. The van der Waals surface area contributed by atoms with E-state index < -0.39 is 11.5 Å². The summed E-state index contributed by atoms with van der Waals surface area (Å²) in [5.41, 5.74) is 0.865. The minimum absolute atomic E-state index is 0.0954. The van der Waals surface area contributed by atoms with Gasteiger partial charge in [0.05, 0.1) is 17.3 Å². The van der Waals surface area contributed by atoms with Crippen molar-refractivity contribution < 1.29 is 24.3 Å². The number of nitrogens with zero attached hydrogens (tertiary/aromatic N) is 3. The molecule has 2 aromatic rings. The molecular formula is C22H24N4O5. The van der Waals surface area contributed by atoms with E-state index >= 15 is 0 Å². The molecule has 9 heteroatoms. The third kappa shape index (κ3) is 3.04. The molecule has 9 nitrogen and oxygen atoms in total. The van der Waals surface area contributed by atoms with Gasteiger partial charge in [-0.05, 0) is 51.2 Å². The Kier molecular flexibility index (Phi) is 4.26. The van der Waals surface area contributed by atoms with E-state index in [4.69, 9.17) is 14.6 Å². The highest BCUT2D eigenvalue weighted by Crippen LogP contribution is 2.54. The van der Waals surface area contributed by atoms with E-state index in [2.05, 4.69) is 24.3 Å². The molecule has 5 rings (SSSR count). The summed E-state index contributed by atoms with van der Waals surface area (Å²) in [5.74, 6) is 1.26. The maximum absolute atomic E-state index is 12.2. The minimum Gasteiger partial charge on any atom is -0.477 e. The van der Waals surface area contributed by atoms with E-state index in [1.807, 2.05) is 13.0 Å². The number of aromatic carboxylic acids is 1. The Morgan fingerprint density at radius 3 is 2.74 bits per heavy atom. The largest absolute Gasteiger partial charge is 0.477 e. The number of amidine groups is 1. The van der Waals surface area contributed by atoms with Crippen molar-refractivity contribution in [2.75, 3.05) is 6.61 Å². The summed E-state index contributed by atoms with van der Waals surface area (Å²) in [4.78, 5) is 32.8. The number of carboxylic acids is 1. The number of nitrogens with one attached hydrogen (secondary N) is 1. The van der Waals surface area contributed by atoms with Crippen LogP contribution in [0.3, 0.4) is 0 Å². The second kappa shape index (κ2) is 6.67. The van der Waals surface area contributed by atoms with Gasteiger partial charge < -0.3 is 19.2 Å². The molecule has 31 heavy (non-hydrogen) atoms. The van der Waals surface area contributed by atoms with Crippen molar-refractivity contribution in [2.24, 2.45) is 11.1 Å². The zero-order chi connectivity index (χ0) is 22.0. The number of hydrogen-bond donors (Lipinski definition) is 2. The van der Waals surface area contributed by atoms with Crippen molar-refractivity contribution in [1.29, 1.82) is 0 Å². The normalized spacial score (nSPS) is 29.1. The van der Waals surface area contributed by atoms with E-state index in [-0.39, 0.29) is 29.0 Å². The molecule has 4 heterocycles.